The molecule has 0 radical (unpaired) electrons. The quantitative estimate of drug-likeness (QED) is 0.339. The Balaban J connectivity index is 1.84. The summed E-state index contributed by atoms with van der Waals surface area (Å²) in [5, 5.41) is 14.3. The Hall–Kier alpha value is -3.67. The molecule has 1 atom stereocenters. The minimum Gasteiger partial charge on any atom is -0.497 e. The van der Waals surface area contributed by atoms with Gasteiger partial charge in [-0.2, -0.15) is 0 Å². The van der Waals surface area contributed by atoms with Gasteiger partial charge in [-0.05, 0) is 35.9 Å². The number of non-ortho nitro benzene ring substituents is 1. The van der Waals surface area contributed by atoms with Crippen LogP contribution in [0, 0.1) is 10.1 Å². The van der Waals surface area contributed by atoms with Crippen LogP contribution in [0.3, 0.4) is 0 Å². The van der Waals surface area contributed by atoms with E-state index in [0.29, 0.717) is 17.0 Å². The molecule has 1 N–H and O–H groups in total. The molecule has 0 saturated heterocycles. The van der Waals surface area contributed by atoms with Crippen molar-refractivity contribution in [3.63, 3.8) is 0 Å². The van der Waals surface area contributed by atoms with Gasteiger partial charge in [0.25, 0.3) is 5.69 Å². The van der Waals surface area contributed by atoms with E-state index in [-0.39, 0.29) is 23.9 Å². The molecule has 6 heteroatoms. The van der Waals surface area contributed by atoms with Crippen molar-refractivity contribution in [1.82, 2.24) is 0 Å². The second-order valence-corrected chi connectivity index (χ2v) is 6.27. The van der Waals surface area contributed by atoms with Crippen LogP contribution in [-0.2, 0) is 0 Å². The van der Waals surface area contributed by atoms with Gasteiger partial charge in [0.05, 0.1) is 18.1 Å². The second kappa shape index (κ2) is 8.81. The standard InChI is InChI=1S/C22H20N2O4/c1-28-20-12-10-17(11-13-20)22(25)15-21(16-6-3-2-4-7-16)23-18-8-5-9-19(14-18)24(26)27/h2-14,21,23H,15H2,1H3. The predicted octanol–water partition coefficient (Wildman–Crippen LogP) is 5.03. The predicted molar refractivity (Wildman–Crippen MR) is 108 cm³/mol. The van der Waals surface area contributed by atoms with E-state index in [1.807, 2.05) is 30.3 Å². The molecule has 0 aromatic heterocycles. The van der Waals surface area contributed by atoms with Crippen molar-refractivity contribution in [3.8, 4) is 5.75 Å². The van der Waals surface area contributed by atoms with Crippen LogP contribution in [0.1, 0.15) is 28.4 Å². The number of benzene rings is 3. The summed E-state index contributed by atoms with van der Waals surface area (Å²) in [6.45, 7) is 0. The first-order chi connectivity index (χ1) is 13.6. The molecule has 0 heterocycles. The van der Waals surface area contributed by atoms with Crippen LogP contribution in [0.2, 0.25) is 0 Å². The van der Waals surface area contributed by atoms with Gasteiger partial charge in [0.15, 0.2) is 5.78 Å². The third kappa shape index (κ3) is 4.73. The van der Waals surface area contributed by atoms with Crippen molar-refractivity contribution in [2.24, 2.45) is 0 Å². The van der Waals surface area contributed by atoms with E-state index in [1.165, 1.54) is 12.1 Å². The van der Waals surface area contributed by atoms with E-state index in [4.69, 9.17) is 4.74 Å². The molecule has 0 fully saturated rings. The number of anilines is 1. The number of nitrogens with one attached hydrogen (secondary N) is 1. The molecule has 3 rings (SSSR count). The second-order valence-electron chi connectivity index (χ2n) is 6.27. The Morgan fingerprint density at radius 3 is 2.39 bits per heavy atom. The number of carbonyl (C=O) groups excluding carboxylic acids is 1. The number of nitro benzene ring substituents is 1. The fraction of sp³-hybridized carbons (Fsp3) is 0.136. The van der Waals surface area contributed by atoms with Gasteiger partial charge in [-0.15, -0.1) is 0 Å². The lowest BCUT2D eigenvalue weighted by molar-refractivity contribution is -0.384. The fourth-order valence-corrected chi connectivity index (χ4v) is 2.93. The Morgan fingerprint density at radius 1 is 1.04 bits per heavy atom. The van der Waals surface area contributed by atoms with Crippen LogP contribution in [0.25, 0.3) is 0 Å². The number of hydrogen-bond donors (Lipinski definition) is 1. The van der Waals surface area contributed by atoms with E-state index in [2.05, 4.69) is 5.32 Å². The van der Waals surface area contributed by atoms with Crippen LogP contribution >= 0.6 is 0 Å². The lowest BCUT2D eigenvalue weighted by atomic mass is 9.97. The number of nitrogens with zero attached hydrogens (tertiary/aromatic N) is 1. The van der Waals surface area contributed by atoms with Crippen LogP contribution < -0.4 is 10.1 Å². The topological polar surface area (TPSA) is 81.5 Å². The van der Waals surface area contributed by atoms with Crippen molar-refractivity contribution in [2.45, 2.75) is 12.5 Å². The highest BCUT2D eigenvalue weighted by Crippen LogP contribution is 2.27. The summed E-state index contributed by atoms with van der Waals surface area (Å²) in [6, 6.07) is 22.5. The number of Topliss-reactive ketones (excluding diaryl/α,β-unsaturated/α-hetero) is 1. The molecule has 0 aliphatic heterocycles. The molecule has 0 aliphatic carbocycles. The smallest absolute Gasteiger partial charge is 0.271 e. The van der Waals surface area contributed by atoms with Gasteiger partial charge in [-0.1, -0.05) is 36.4 Å². The van der Waals surface area contributed by atoms with Crippen LogP contribution in [-0.4, -0.2) is 17.8 Å². The minimum atomic E-state index is -0.439. The number of hydrogen-bond acceptors (Lipinski definition) is 5. The maximum atomic E-state index is 12.8. The average molecular weight is 376 g/mol. The maximum absolute atomic E-state index is 12.8. The summed E-state index contributed by atoms with van der Waals surface area (Å²) >= 11 is 0. The molecule has 0 bridgehead atoms. The zero-order chi connectivity index (χ0) is 19.9. The Bertz CT molecular complexity index is 956. The maximum Gasteiger partial charge on any atom is 0.271 e. The largest absolute Gasteiger partial charge is 0.497 e. The number of rotatable bonds is 8. The van der Waals surface area contributed by atoms with E-state index < -0.39 is 4.92 Å². The summed E-state index contributed by atoms with van der Waals surface area (Å²) in [5.74, 6) is 0.653. The van der Waals surface area contributed by atoms with Crippen molar-refractivity contribution < 1.29 is 14.5 Å². The average Bonchev–Trinajstić information content (AvgIpc) is 2.74. The highest BCUT2D eigenvalue weighted by atomic mass is 16.6. The van der Waals surface area contributed by atoms with E-state index in [9.17, 15) is 14.9 Å². The molecular weight excluding hydrogens is 356 g/mol. The lowest BCUT2D eigenvalue weighted by Gasteiger charge is -2.20. The van der Waals surface area contributed by atoms with Gasteiger partial charge in [0, 0.05) is 29.8 Å². The van der Waals surface area contributed by atoms with Gasteiger partial charge in [-0.3, -0.25) is 14.9 Å². The number of carbonyl (C=O) groups is 1. The normalized spacial score (nSPS) is 11.5. The molecule has 1 unspecified atom stereocenters. The number of ketones is 1. The molecule has 0 saturated carbocycles. The third-order valence-electron chi connectivity index (χ3n) is 4.40. The number of nitro groups is 1. The molecular formula is C22H20N2O4. The molecule has 142 valence electrons. The molecule has 3 aromatic rings. The molecule has 0 amide bonds. The summed E-state index contributed by atoms with van der Waals surface area (Å²) in [6.07, 6.45) is 0.207. The fourth-order valence-electron chi connectivity index (χ4n) is 2.93. The Labute approximate surface area is 162 Å². The highest BCUT2D eigenvalue weighted by Gasteiger charge is 2.18. The van der Waals surface area contributed by atoms with Gasteiger partial charge in [-0.25, -0.2) is 0 Å². The van der Waals surface area contributed by atoms with Crippen molar-refractivity contribution >= 4 is 17.2 Å². The molecule has 0 spiro atoms. The van der Waals surface area contributed by atoms with Crippen LogP contribution in [0.5, 0.6) is 5.75 Å². The van der Waals surface area contributed by atoms with Gasteiger partial charge < -0.3 is 10.1 Å². The minimum absolute atomic E-state index is 0.00158. The first kappa shape index (κ1) is 19.1. The zero-order valence-electron chi connectivity index (χ0n) is 15.4. The first-order valence-electron chi connectivity index (χ1n) is 8.80. The van der Waals surface area contributed by atoms with E-state index >= 15 is 0 Å². The van der Waals surface area contributed by atoms with Gasteiger partial charge in [0.1, 0.15) is 5.75 Å². The van der Waals surface area contributed by atoms with Crippen molar-refractivity contribution in [3.05, 3.63) is 100 Å². The lowest BCUT2D eigenvalue weighted by Crippen LogP contribution is -2.16. The van der Waals surface area contributed by atoms with E-state index in [0.717, 1.165) is 5.56 Å². The van der Waals surface area contributed by atoms with Crippen molar-refractivity contribution in [2.75, 3.05) is 12.4 Å². The zero-order valence-corrected chi connectivity index (χ0v) is 15.4. The Morgan fingerprint density at radius 2 is 1.75 bits per heavy atom. The summed E-state index contributed by atoms with van der Waals surface area (Å²) in [4.78, 5) is 23.4. The van der Waals surface area contributed by atoms with E-state index in [1.54, 1.807) is 43.5 Å². The molecule has 28 heavy (non-hydrogen) atoms. The van der Waals surface area contributed by atoms with Gasteiger partial charge in [0.2, 0.25) is 0 Å². The monoisotopic (exact) mass is 376 g/mol. The number of ether oxygens (including phenoxy) is 1. The summed E-state index contributed by atoms with van der Waals surface area (Å²) < 4.78 is 5.13. The van der Waals surface area contributed by atoms with Crippen LogP contribution in [0.4, 0.5) is 11.4 Å². The molecule has 0 aliphatic rings. The van der Waals surface area contributed by atoms with Crippen LogP contribution in [0.15, 0.2) is 78.9 Å². The summed E-state index contributed by atoms with van der Waals surface area (Å²) in [5.41, 5.74) is 2.10. The highest BCUT2D eigenvalue weighted by molar-refractivity contribution is 5.96. The third-order valence-corrected chi connectivity index (χ3v) is 4.40. The SMILES string of the molecule is COc1ccc(C(=O)CC(Nc2cccc([N+](=O)[O-])c2)c2ccccc2)cc1. The van der Waals surface area contributed by atoms with Crippen molar-refractivity contribution in [1.29, 1.82) is 0 Å². The van der Waals surface area contributed by atoms with Gasteiger partial charge >= 0.3 is 0 Å². The molecule has 6 nitrogen and oxygen atoms in total. The number of methoxy groups -OCH3 is 1. The molecule has 3 aromatic carbocycles. The summed E-state index contributed by atoms with van der Waals surface area (Å²) in [7, 11) is 1.57. The Kier molecular flexibility index (Phi) is 6.01. The first-order valence-corrected chi connectivity index (χ1v) is 8.80.